The van der Waals surface area contributed by atoms with Crippen molar-refractivity contribution in [2.45, 2.75) is 31.0 Å². The van der Waals surface area contributed by atoms with Gasteiger partial charge in [0.2, 0.25) is 0 Å². The molecule has 1 saturated heterocycles. The van der Waals surface area contributed by atoms with Gasteiger partial charge in [0.15, 0.2) is 0 Å². The molecule has 5 nitrogen and oxygen atoms in total. The molecule has 2 aliphatic rings. The summed E-state index contributed by atoms with van der Waals surface area (Å²) in [5, 5.41) is 0. The van der Waals surface area contributed by atoms with Gasteiger partial charge < -0.3 is 15.0 Å². The lowest BCUT2D eigenvalue weighted by Gasteiger charge is -2.38. The normalized spacial score (nSPS) is 30.7. The molecule has 2 unspecified atom stereocenters. The van der Waals surface area contributed by atoms with E-state index in [2.05, 4.69) is 21.5 Å². The van der Waals surface area contributed by atoms with Crippen molar-refractivity contribution in [2.75, 3.05) is 26.7 Å². The maximum Gasteiger partial charge on any atom is 0.0951 e. The second-order valence-electron chi connectivity index (χ2n) is 5.03. The van der Waals surface area contributed by atoms with Gasteiger partial charge in [-0.1, -0.05) is 0 Å². The lowest BCUT2D eigenvalue weighted by atomic mass is 10.0. The fourth-order valence-electron chi connectivity index (χ4n) is 2.68. The van der Waals surface area contributed by atoms with Crippen LogP contribution in [0.5, 0.6) is 0 Å². The first-order valence-electron chi connectivity index (χ1n) is 6.35. The van der Waals surface area contributed by atoms with Gasteiger partial charge in [-0.25, -0.2) is 4.98 Å². The molecular formula is C12H20N4O. The summed E-state index contributed by atoms with van der Waals surface area (Å²) in [6.45, 7) is 2.29. The fourth-order valence-corrected chi connectivity index (χ4v) is 2.68. The number of nitrogens with two attached hydrogens (primary N) is 1. The molecule has 0 aromatic carbocycles. The lowest BCUT2D eigenvalue weighted by molar-refractivity contribution is -0.0600. The second-order valence-corrected chi connectivity index (χ2v) is 5.03. The van der Waals surface area contributed by atoms with E-state index in [0.717, 1.165) is 13.2 Å². The average molecular weight is 236 g/mol. The summed E-state index contributed by atoms with van der Waals surface area (Å²) in [6.07, 6.45) is 6.55. The van der Waals surface area contributed by atoms with Gasteiger partial charge in [0.25, 0.3) is 0 Å². The molecular weight excluding hydrogens is 216 g/mol. The van der Waals surface area contributed by atoms with Crippen LogP contribution in [-0.2, 0) is 4.74 Å². The first kappa shape index (κ1) is 11.2. The minimum Gasteiger partial charge on any atom is -0.374 e. The van der Waals surface area contributed by atoms with E-state index >= 15 is 0 Å². The Bertz CT molecular complexity index is 388. The van der Waals surface area contributed by atoms with Crippen LogP contribution >= 0.6 is 0 Å². The molecule has 17 heavy (non-hydrogen) atoms. The first-order valence-corrected chi connectivity index (χ1v) is 6.35. The number of hydrogen-bond donors (Lipinski definition) is 1. The Kier molecular flexibility index (Phi) is 2.90. The smallest absolute Gasteiger partial charge is 0.0951 e. The average Bonchev–Trinajstić information content (AvgIpc) is 3.08. The Balaban J connectivity index is 1.90. The largest absolute Gasteiger partial charge is 0.374 e. The highest BCUT2D eigenvalue weighted by atomic mass is 16.5. The van der Waals surface area contributed by atoms with Gasteiger partial charge in [-0.15, -0.1) is 0 Å². The Morgan fingerprint density at radius 2 is 2.35 bits per heavy atom. The van der Waals surface area contributed by atoms with E-state index < -0.39 is 0 Å². The summed E-state index contributed by atoms with van der Waals surface area (Å²) in [6, 6.07) is 0.901. The molecule has 2 atom stereocenters. The van der Waals surface area contributed by atoms with Crippen LogP contribution in [0.3, 0.4) is 0 Å². The minimum absolute atomic E-state index is 0.0861. The van der Waals surface area contributed by atoms with Crippen molar-refractivity contribution in [3.05, 3.63) is 18.2 Å². The molecule has 1 saturated carbocycles. The molecule has 0 radical (unpaired) electrons. The van der Waals surface area contributed by atoms with Crippen LogP contribution in [0.4, 0.5) is 0 Å². The van der Waals surface area contributed by atoms with Crippen LogP contribution in [0.1, 0.15) is 30.6 Å². The molecule has 0 amide bonds. The third kappa shape index (κ3) is 1.99. The van der Waals surface area contributed by atoms with E-state index in [-0.39, 0.29) is 12.1 Å². The minimum atomic E-state index is 0.0861. The number of nitrogens with zero attached hydrogens (tertiary/aromatic N) is 3. The molecule has 3 rings (SSSR count). The van der Waals surface area contributed by atoms with Crippen LogP contribution in [-0.4, -0.2) is 47.3 Å². The van der Waals surface area contributed by atoms with Crippen molar-refractivity contribution in [3.63, 3.8) is 0 Å². The molecule has 2 N–H and O–H groups in total. The number of imidazole rings is 1. The highest BCUT2D eigenvalue weighted by Crippen LogP contribution is 2.39. The number of aromatic nitrogens is 2. The zero-order valence-electron chi connectivity index (χ0n) is 10.2. The van der Waals surface area contributed by atoms with Crippen LogP contribution in [0.2, 0.25) is 0 Å². The number of likely N-dealkylation sites (N-methyl/N-ethyl adjacent to an activating group) is 1. The molecule has 1 aliphatic carbocycles. The number of ether oxygens (including phenoxy) is 1. The van der Waals surface area contributed by atoms with Gasteiger partial charge in [-0.3, -0.25) is 4.90 Å². The number of morpholine rings is 1. The summed E-state index contributed by atoms with van der Waals surface area (Å²) in [5.74, 6) is 0. The maximum atomic E-state index is 5.82. The van der Waals surface area contributed by atoms with E-state index in [1.165, 1.54) is 18.5 Å². The van der Waals surface area contributed by atoms with Gasteiger partial charge in [0.05, 0.1) is 30.8 Å². The number of hydrogen-bond acceptors (Lipinski definition) is 4. The summed E-state index contributed by atoms with van der Waals surface area (Å²) in [5.41, 5.74) is 7.08. The molecule has 1 aliphatic heterocycles. The highest BCUT2D eigenvalue weighted by Gasteiger charge is 2.35. The van der Waals surface area contributed by atoms with Gasteiger partial charge in [-0.2, -0.15) is 0 Å². The molecule has 2 heterocycles. The van der Waals surface area contributed by atoms with Crippen molar-refractivity contribution >= 4 is 0 Å². The van der Waals surface area contributed by atoms with Crippen molar-refractivity contribution in [1.29, 1.82) is 0 Å². The molecule has 1 aromatic rings. The Morgan fingerprint density at radius 3 is 3.06 bits per heavy atom. The number of rotatable bonds is 3. The molecule has 0 bridgehead atoms. The topological polar surface area (TPSA) is 56.3 Å². The van der Waals surface area contributed by atoms with E-state index in [4.69, 9.17) is 10.5 Å². The van der Waals surface area contributed by atoms with Crippen LogP contribution in [0, 0.1) is 0 Å². The van der Waals surface area contributed by atoms with Crippen LogP contribution in [0.25, 0.3) is 0 Å². The second kappa shape index (κ2) is 4.40. The van der Waals surface area contributed by atoms with E-state index in [1.54, 1.807) is 0 Å². The predicted octanol–water partition coefficient (Wildman–Crippen LogP) is 0.548. The summed E-state index contributed by atoms with van der Waals surface area (Å²) in [4.78, 5) is 6.63. The van der Waals surface area contributed by atoms with Crippen LogP contribution < -0.4 is 5.73 Å². The lowest BCUT2D eigenvalue weighted by Crippen LogP contribution is -2.47. The van der Waals surface area contributed by atoms with E-state index in [0.29, 0.717) is 12.6 Å². The monoisotopic (exact) mass is 236 g/mol. The molecule has 0 spiro atoms. The van der Waals surface area contributed by atoms with Crippen molar-refractivity contribution in [3.8, 4) is 0 Å². The summed E-state index contributed by atoms with van der Waals surface area (Å²) in [7, 11) is 2.14. The van der Waals surface area contributed by atoms with Crippen molar-refractivity contribution in [1.82, 2.24) is 14.5 Å². The Hall–Kier alpha value is -0.910. The van der Waals surface area contributed by atoms with Crippen molar-refractivity contribution < 1.29 is 4.74 Å². The standard InChI is InChI=1S/C12H20N4O/c1-15-4-5-17-11(6-13)12(15)10-7-14-8-16(10)9-2-3-9/h7-9,11-12H,2-6,13H2,1H3. The molecule has 2 fully saturated rings. The third-order valence-corrected chi connectivity index (χ3v) is 3.77. The SMILES string of the molecule is CN1CCOC(CN)C1c1cncn1C1CC1. The Morgan fingerprint density at radius 1 is 1.53 bits per heavy atom. The highest BCUT2D eigenvalue weighted by molar-refractivity contribution is 5.12. The van der Waals surface area contributed by atoms with Gasteiger partial charge >= 0.3 is 0 Å². The Labute approximate surface area is 102 Å². The van der Waals surface area contributed by atoms with Gasteiger partial charge in [0.1, 0.15) is 0 Å². The zero-order chi connectivity index (χ0) is 11.8. The fraction of sp³-hybridized carbons (Fsp3) is 0.750. The van der Waals surface area contributed by atoms with E-state index in [9.17, 15) is 0 Å². The quantitative estimate of drug-likeness (QED) is 0.832. The molecule has 94 valence electrons. The molecule has 1 aromatic heterocycles. The zero-order valence-corrected chi connectivity index (χ0v) is 10.2. The predicted molar refractivity (Wildman–Crippen MR) is 64.7 cm³/mol. The maximum absolute atomic E-state index is 5.82. The van der Waals surface area contributed by atoms with Crippen molar-refractivity contribution in [2.24, 2.45) is 5.73 Å². The summed E-state index contributed by atoms with van der Waals surface area (Å²) < 4.78 is 8.09. The van der Waals surface area contributed by atoms with Gasteiger partial charge in [0, 0.05) is 25.3 Å². The summed E-state index contributed by atoms with van der Waals surface area (Å²) >= 11 is 0. The van der Waals surface area contributed by atoms with E-state index in [1.807, 2.05) is 12.5 Å². The molecule has 5 heteroatoms. The first-order chi connectivity index (χ1) is 8.31. The van der Waals surface area contributed by atoms with Crippen LogP contribution in [0.15, 0.2) is 12.5 Å². The van der Waals surface area contributed by atoms with Gasteiger partial charge in [-0.05, 0) is 19.9 Å². The third-order valence-electron chi connectivity index (χ3n) is 3.77.